The third-order valence-electron chi connectivity index (χ3n) is 3.86. The van der Waals surface area contributed by atoms with E-state index in [9.17, 15) is 4.79 Å². The molecule has 0 aromatic carbocycles. The summed E-state index contributed by atoms with van der Waals surface area (Å²) in [5.74, 6) is 0.192. The maximum Gasteiger partial charge on any atom is 0.166 e. The first-order chi connectivity index (χ1) is 9.24. The van der Waals surface area contributed by atoms with Crippen molar-refractivity contribution in [1.82, 2.24) is 14.5 Å². The molecule has 3 heterocycles. The lowest BCUT2D eigenvalue weighted by Crippen LogP contribution is -2.05. The summed E-state index contributed by atoms with van der Waals surface area (Å²) in [4.78, 5) is 19.6. The second-order valence-electron chi connectivity index (χ2n) is 4.99. The van der Waals surface area contributed by atoms with Gasteiger partial charge in [-0.15, -0.1) is 0 Å². The topological polar surface area (TPSA) is 50.7 Å². The van der Waals surface area contributed by atoms with Crippen LogP contribution in [0.4, 0.5) is 0 Å². The minimum Gasteiger partial charge on any atom is -0.344 e. The van der Waals surface area contributed by atoms with Gasteiger partial charge in [0, 0.05) is 18.7 Å². The molecule has 1 aliphatic rings. The number of carbonyl (C=O) groups is 1. The number of ketones is 1. The maximum atomic E-state index is 12.3. The fourth-order valence-corrected chi connectivity index (χ4v) is 3.24. The van der Waals surface area contributed by atoms with Crippen molar-refractivity contribution in [3.63, 3.8) is 0 Å². The van der Waals surface area contributed by atoms with Crippen LogP contribution >= 0.6 is 12.2 Å². The van der Waals surface area contributed by atoms with Crippen molar-refractivity contribution >= 4 is 29.0 Å². The zero-order valence-electron chi connectivity index (χ0n) is 11.0. The number of rotatable bonds is 2. The Hall–Kier alpha value is -1.49. The van der Waals surface area contributed by atoms with Crippen molar-refractivity contribution in [2.45, 2.75) is 45.6 Å². The van der Waals surface area contributed by atoms with Gasteiger partial charge in [0.15, 0.2) is 10.4 Å². The van der Waals surface area contributed by atoms with Crippen LogP contribution in [0.2, 0.25) is 0 Å². The molecule has 0 bridgehead atoms. The molecule has 4 nitrogen and oxygen atoms in total. The summed E-state index contributed by atoms with van der Waals surface area (Å²) in [6.07, 6.45) is 6.56. The van der Waals surface area contributed by atoms with Gasteiger partial charge in [-0.3, -0.25) is 4.79 Å². The van der Waals surface area contributed by atoms with E-state index < -0.39 is 0 Å². The van der Waals surface area contributed by atoms with Gasteiger partial charge in [-0.25, -0.2) is 4.98 Å². The zero-order chi connectivity index (χ0) is 13.4. The summed E-state index contributed by atoms with van der Waals surface area (Å²) < 4.78 is 2.81. The Kier molecular flexibility index (Phi) is 3.22. The summed E-state index contributed by atoms with van der Waals surface area (Å²) in [7, 11) is 0. The molecule has 0 spiro atoms. The van der Waals surface area contributed by atoms with E-state index in [1.807, 2.05) is 6.92 Å². The maximum absolute atomic E-state index is 12.3. The van der Waals surface area contributed by atoms with Crippen molar-refractivity contribution < 1.29 is 4.79 Å². The van der Waals surface area contributed by atoms with E-state index in [0.29, 0.717) is 11.1 Å². The van der Waals surface area contributed by atoms with Gasteiger partial charge >= 0.3 is 0 Å². The first-order valence-electron chi connectivity index (χ1n) is 6.86. The van der Waals surface area contributed by atoms with E-state index in [4.69, 9.17) is 12.2 Å². The fraction of sp³-hybridized carbons (Fsp3) is 0.500. The Bertz CT molecular complexity index is 699. The molecule has 3 rings (SSSR count). The number of hydrogen-bond donors (Lipinski definition) is 1. The van der Waals surface area contributed by atoms with Crippen molar-refractivity contribution in [2.24, 2.45) is 0 Å². The van der Waals surface area contributed by atoms with Gasteiger partial charge in [0.2, 0.25) is 0 Å². The molecular formula is C14H17N3OS. The van der Waals surface area contributed by atoms with E-state index in [1.165, 1.54) is 6.42 Å². The molecule has 0 fully saturated rings. The Morgan fingerprint density at radius 1 is 1.47 bits per heavy atom. The van der Waals surface area contributed by atoms with E-state index in [0.717, 1.165) is 48.1 Å². The second-order valence-corrected chi connectivity index (χ2v) is 5.38. The van der Waals surface area contributed by atoms with E-state index in [-0.39, 0.29) is 5.78 Å². The lowest BCUT2D eigenvalue weighted by Gasteiger charge is -2.06. The summed E-state index contributed by atoms with van der Waals surface area (Å²) in [6, 6.07) is 0. The number of aromatic amines is 1. The van der Waals surface area contributed by atoms with E-state index in [1.54, 1.807) is 6.33 Å². The normalized spacial score (nSPS) is 15.2. The molecule has 0 aliphatic carbocycles. The molecule has 1 N–H and O–H groups in total. The minimum absolute atomic E-state index is 0.192. The summed E-state index contributed by atoms with van der Waals surface area (Å²) in [5.41, 5.74) is 3.80. The fourth-order valence-electron chi connectivity index (χ4n) is 2.97. The SMILES string of the molecule is CCC(=O)c1c2n(c3c(=S)nc[nH]c13)CCCCC2. The van der Waals surface area contributed by atoms with Gasteiger partial charge in [0.1, 0.15) is 5.52 Å². The molecule has 1 aliphatic heterocycles. The lowest BCUT2D eigenvalue weighted by atomic mass is 10.0. The zero-order valence-corrected chi connectivity index (χ0v) is 11.8. The van der Waals surface area contributed by atoms with Gasteiger partial charge in [-0.1, -0.05) is 25.6 Å². The molecule has 0 amide bonds. The number of Topliss-reactive ketones (excluding diaryl/α,β-unsaturated/α-hetero) is 1. The molecule has 2 aromatic heterocycles. The minimum atomic E-state index is 0.192. The Morgan fingerprint density at radius 2 is 2.32 bits per heavy atom. The number of aryl methyl sites for hydroxylation is 1. The standard InChI is InChI=1S/C14H17N3OS/c1-2-10(18)11-9-6-4-3-5-7-17(9)13-12(11)15-8-16-14(13)19/h8H,2-7H2,1H3,(H,15,16,19). The average molecular weight is 275 g/mol. The Balaban J connectivity index is 2.40. The number of aromatic nitrogens is 3. The highest BCUT2D eigenvalue weighted by Gasteiger charge is 2.23. The molecule has 2 aromatic rings. The van der Waals surface area contributed by atoms with Gasteiger partial charge < -0.3 is 9.55 Å². The number of hydrogen-bond acceptors (Lipinski definition) is 3. The monoisotopic (exact) mass is 275 g/mol. The second kappa shape index (κ2) is 4.89. The van der Waals surface area contributed by atoms with Crippen LogP contribution in [0.5, 0.6) is 0 Å². The van der Waals surface area contributed by atoms with Crippen molar-refractivity contribution in [3.05, 3.63) is 22.2 Å². The van der Waals surface area contributed by atoms with Gasteiger partial charge in [0.05, 0.1) is 17.4 Å². The number of H-pyrrole nitrogens is 1. The van der Waals surface area contributed by atoms with Crippen LogP contribution < -0.4 is 0 Å². The smallest absolute Gasteiger partial charge is 0.166 e. The Labute approximate surface area is 116 Å². The number of fused-ring (bicyclic) bond motifs is 3. The van der Waals surface area contributed by atoms with Crippen molar-refractivity contribution in [1.29, 1.82) is 0 Å². The number of nitrogens with zero attached hydrogens (tertiary/aromatic N) is 2. The lowest BCUT2D eigenvalue weighted by molar-refractivity contribution is 0.0988. The highest BCUT2D eigenvalue weighted by atomic mass is 32.1. The van der Waals surface area contributed by atoms with Gasteiger partial charge in [-0.2, -0.15) is 0 Å². The quantitative estimate of drug-likeness (QED) is 0.675. The van der Waals surface area contributed by atoms with Gasteiger partial charge in [-0.05, 0) is 19.3 Å². The van der Waals surface area contributed by atoms with Crippen LogP contribution in [-0.2, 0) is 13.0 Å². The highest BCUT2D eigenvalue weighted by Crippen LogP contribution is 2.30. The molecule has 0 radical (unpaired) electrons. The average Bonchev–Trinajstić information content (AvgIpc) is 2.58. The number of nitrogens with one attached hydrogen (secondary N) is 1. The van der Waals surface area contributed by atoms with E-state index in [2.05, 4.69) is 14.5 Å². The molecular weight excluding hydrogens is 258 g/mol. The first-order valence-corrected chi connectivity index (χ1v) is 7.26. The predicted molar refractivity (Wildman–Crippen MR) is 77.1 cm³/mol. The van der Waals surface area contributed by atoms with Crippen molar-refractivity contribution in [3.8, 4) is 0 Å². The molecule has 19 heavy (non-hydrogen) atoms. The van der Waals surface area contributed by atoms with Crippen LogP contribution in [-0.4, -0.2) is 20.3 Å². The summed E-state index contributed by atoms with van der Waals surface area (Å²) in [6.45, 7) is 2.84. The van der Waals surface area contributed by atoms with Crippen LogP contribution in [0.3, 0.4) is 0 Å². The molecule has 5 heteroatoms. The molecule has 100 valence electrons. The molecule has 0 saturated heterocycles. The Morgan fingerprint density at radius 3 is 3.11 bits per heavy atom. The van der Waals surface area contributed by atoms with Crippen LogP contribution in [0.25, 0.3) is 11.0 Å². The van der Waals surface area contributed by atoms with Gasteiger partial charge in [0.25, 0.3) is 0 Å². The highest BCUT2D eigenvalue weighted by molar-refractivity contribution is 7.71. The summed E-state index contributed by atoms with van der Waals surface area (Å²) >= 11 is 5.36. The molecule has 0 unspecified atom stereocenters. The predicted octanol–water partition coefficient (Wildman–Crippen LogP) is 3.41. The van der Waals surface area contributed by atoms with Crippen LogP contribution in [0.1, 0.15) is 48.7 Å². The number of carbonyl (C=O) groups excluding carboxylic acids is 1. The summed E-state index contributed by atoms with van der Waals surface area (Å²) in [5, 5.41) is 0. The third-order valence-corrected chi connectivity index (χ3v) is 4.16. The van der Waals surface area contributed by atoms with Crippen molar-refractivity contribution in [2.75, 3.05) is 0 Å². The third kappa shape index (κ3) is 1.92. The molecule has 0 atom stereocenters. The van der Waals surface area contributed by atoms with E-state index >= 15 is 0 Å². The first kappa shape index (κ1) is 12.5. The van der Waals surface area contributed by atoms with Crippen LogP contribution in [0.15, 0.2) is 6.33 Å². The largest absolute Gasteiger partial charge is 0.344 e. The van der Waals surface area contributed by atoms with Crippen LogP contribution in [0, 0.1) is 4.64 Å². The molecule has 0 saturated carbocycles.